The lowest BCUT2D eigenvalue weighted by Gasteiger charge is -2.22. The predicted molar refractivity (Wildman–Crippen MR) is 58.1 cm³/mol. The van der Waals surface area contributed by atoms with E-state index in [1.165, 1.54) is 0 Å². The zero-order chi connectivity index (χ0) is 11.5. The number of Topliss-reactive ketones (excluding diaryl/α,β-unsaturated/α-hetero) is 1. The summed E-state index contributed by atoms with van der Waals surface area (Å²) in [5, 5.41) is 2.69. The van der Waals surface area contributed by atoms with E-state index in [9.17, 15) is 9.59 Å². The lowest BCUT2D eigenvalue weighted by molar-refractivity contribution is -0.132. The van der Waals surface area contributed by atoms with Crippen molar-refractivity contribution in [3.8, 4) is 5.75 Å². The van der Waals surface area contributed by atoms with Crippen LogP contribution in [0.2, 0.25) is 0 Å². The molecule has 4 heteroatoms. The van der Waals surface area contributed by atoms with E-state index >= 15 is 0 Å². The molecular formula is C12H13NO3. The molecule has 2 rings (SSSR count). The van der Waals surface area contributed by atoms with Crippen LogP contribution in [0.4, 0.5) is 0 Å². The quantitative estimate of drug-likeness (QED) is 0.813. The van der Waals surface area contributed by atoms with E-state index < -0.39 is 6.04 Å². The molecule has 1 atom stereocenters. The number of hydrogen-bond acceptors (Lipinski definition) is 3. The van der Waals surface area contributed by atoms with Crippen molar-refractivity contribution in [3.63, 3.8) is 0 Å². The van der Waals surface area contributed by atoms with Gasteiger partial charge in [-0.05, 0) is 17.7 Å². The van der Waals surface area contributed by atoms with E-state index in [0.29, 0.717) is 12.8 Å². The fourth-order valence-electron chi connectivity index (χ4n) is 1.76. The predicted octanol–water partition coefficient (Wildman–Crippen LogP) is 1.22. The van der Waals surface area contributed by atoms with Crippen molar-refractivity contribution in [2.75, 3.05) is 7.11 Å². The van der Waals surface area contributed by atoms with Crippen LogP contribution in [0.5, 0.6) is 5.75 Å². The summed E-state index contributed by atoms with van der Waals surface area (Å²) in [4.78, 5) is 22.9. The SMILES string of the molecule is COc1ccc(C2NC(=O)CCC2=O)cc1. The highest BCUT2D eigenvalue weighted by Gasteiger charge is 2.27. The van der Waals surface area contributed by atoms with Gasteiger partial charge in [0.25, 0.3) is 0 Å². The van der Waals surface area contributed by atoms with Gasteiger partial charge in [0.05, 0.1) is 7.11 Å². The first-order valence-electron chi connectivity index (χ1n) is 5.17. The van der Waals surface area contributed by atoms with Crippen molar-refractivity contribution in [2.24, 2.45) is 0 Å². The summed E-state index contributed by atoms with van der Waals surface area (Å²) in [6.07, 6.45) is 0.619. The van der Waals surface area contributed by atoms with Crippen LogP contribution in [0.3, 0.4) is 0 Å². The van der Waals surface area contributed by atoms with Gasteiger partial charge in [0.1, 0.15) is 11.8 Å². The zero-order valence-electron chi connectivity index (χ0n) is 9.03. The Balaban J connectivity index is 2.21. The second-order valence-corrected chi connectivity index (χ2v) is 3.74. The molecule has 1 unspecified atom stereocenters. The van der Waals surface area contributed by atoms with E-state index in [-0.39, 0.29) is 11.7 Å². The fraction of sp³-hybridized carbons (Fsp3) is 0.333. The average Bonchev–Trinajstić information content (AvgIpc) is 2.32. The van der Waals surface area contributed by atoms with Gasteiger partial charge in [0.15, 0.2) is 5.78 Å². The monoisotopic (exact) mass is 219 g/mol. The summed E-state index contributed by atoms with van der Waals surface area (Å²) in [6, 6.07) is 6.67. The highest BCUT2D eigenvalue weighted by molar-refractivity contribution is 5.95. The third kappa shape index (κ3) is 2.05. The van der Waals surface area contributed by atoms with Crippen LogP contribution in [0.25, 0.3) is 0 Å². The van der Waals surface area contributed by atoms with Crippen LogP contribution >= 0.6 is 0 Å². The second kappa shape index (κ2) is 4.35. The molecule has 1 aromatic rings. The number of ether oxygens (including phenoxy) is 1. The topological polar surface area (TPSA) is 55.4 Å². The van der Waals surface area contributed by atoms with Gasteiger partial charge in [0.2, 0.25) is 5.91 Å². The number of nitrogens with one attached hydrogen (secondary N) is 1. The maximum absolute atomic E-state index is 11.6. The molecule has 0 bridgehead atoms. The smallest absolute Gasteiger partial charge is 0.221 e. The first kappa shape index (κ1) is 10.7. The number of piperidine rings is 1. The first-order valence-corrected chi connectivity index (χ1v) is 5.17. The van der Waals surface area contributed by atoms with E-state index in [1.54, 1.807) is 31.4 Å². The minimum Gasteiger partial charge on any atom is -0.497 e. The Morgan fingerprint density at radius 3 is 2.50 bits per heavy atom. The van der Waals surface area contributed by atoms with Crippen LogP contribution in [0.15, 0.2) is 24.3 Å². The molecule has 16 heavy (non-hydrogen) atoms. The molecule has 1 amide bonds. The molecular weight excluding hydrogens is 206 g/mol. The molecule has 84 valence electrons. The maximum atomic E-state index is 11.6. The third-order valence-corrected chi connectivity index (χ3v) is 2.67. The van der Waals surface area contributed by atoms with Gasteiger partial charge in [-0.2, -0.15) is 0 Å². The van der Waals surface area contributed by atoms with Gasteiger partial charge in [-0.1, -0.05) is 12.1 Å². The minimum atomic E-state index is -0.493. The normalized spacial score (nSPS) is 20.4. The number of carbonyl (C=O) groups excluding carboxylic acids is 2. The average molecular weight is 219 g/mol. The molecule has 4 nitrogen and oxygen atoms in total. The number of methoxy groups -OCH3 is 1. The Hall–Kier alpha value is -1.84. The Morgan fingerprint density at radius 1 is 1.19 bits per heavy atom. The lowest BCUT2D eigenvalue weighted by Crippen LogP contribution is -2.38. The van der Waals surface area contributed by atoms with E-state index in [1.807, 2.05) is 0 Å². The Labute approximate surface area is 93.6 Å². The Bertz CT molecular complexity index is 411. The second-order valence-electron chi connectivity index (χ2n) is 3.74. The standard InChI is InChI=1S/C12H13NO3/c1-16-9-4-2-8(3-5-9)12-10(14)6-7-11(15)13-12/h2-5,12H,6-7H2,1H3,(H,13,15). The molecule has 1 aliphatic rings. The zero-order valence-corrected chi connectivity index (χ0v) is 9.03. The summed E-state index contributed by atoms with van der Waals surface area (Å²) in [7, 11) is 1.59. The van der Waals surface area contributed by atoms with Crippen molar-refractivity contribution in [1.29, 1.82) is 0 Å². The van der Waals surface area contributed by atoms with Crippen LogP contribution in [-0.2, 0) is 9.59 Å². The van der Waals surface area contributed by atoms with E-state index in [2.05, 4.69) is 5.32 Å². The summed E-state index contributed by atoms with van der Waals surface area (Å²) < 4.78 is 5.03. The third-order valence-electron chi connectivity index (χ3n) is 2.67. The summed E-state index contributed by atoms with van der Waals surface area (Å²) in [5.74, 6) is 0.725. The Kier molecular flexibility index (Phi) is 2.90. The number of hydrogen-bond donors (Lipinski definition) is 1. The molecule has 1 aromatic carbocycles. The molecule has 1 saturated heterocycles. The highest BCUT2D eigenvalue weighted by atomic mass is 16.5. The fourth-order valence-corrected chi connectivity index (χ4v) is 1.76. The molecule has 1 N–H and O–H groups in total. The van der Waals surface area contributed by atoms with Crippen molar-refractivity contribution in [1.82, 2.24) is 5.32 Å². The molecule has 1 heterocycles. The molecule has 0 aliphatic carbocycles. The number of ketones is 1. The van der Waals surface area contributed by atoms with Crippen LogP contribution in [0.1, 0.15) is 24.4 Å². The van der Waals surface area contributed by atoms with Gasteiger partial charge >= 0.3 is 0 Å². The summed E-state index contributed by atoms with van der Waals surface area (Å²) in [6.45, 7) is 0. The van der Waals surface area contributed by atoms with Gasteiger partial charge in [0, 0.05) is 12.8 Å². The van der Waals surface area contributed by atoms with Gasteiger partial charge < -0.3 is 10.1 Å². The summed E-state index contributed by atoms with van der Waals surface area (Å²) in [5.41, 5.74) is 0.804. The summed E-state index contributed by atoms with van der Waals surface area (Å²) >= 11 is 0. The maximum Gasteiger partial charge on any atom is 0.221 e. The molecule has 0 aromatic heterocycles. The van der Waals surface area contributed by atoms with Crippen LogP contribution in [-0.4, -0.2) is 18.8 Å². The van der Waals surface area contributed by atoms with Crippen molar-refractivity contribution in [3.05, 3.63) is 29.8 Å². The molecule has 0 saturated carbocycles. The van der Waals surface area contributed by atoms with E-state index in [4.69, 9.17) is 4.74 Å². The number of amides is 1. The molecule has 0 spiro atoms. The molecule has 1 fully saturated rings. The molecule has 1 aliphatic heterocycles. The first-order chi connectivity index (χ1) is 7.70. The number of rotatable bonds is 2. The van der Waals surface area contributed by atoms with E-state index in [0.717, 1.165) is 11.3 Å². The van der Waals surface area contributed by atoms with Gasteiger partial charge in [-0.15, -0.1) is 0 Å². The van der Waals surface area contributed by atoms with Crippen LogP contribution < -0.4 is 10.1 Å². The minimum absolute atomic E-state index is 0.0600. The van der Waals surface area contributed by atoms with Gasteiger partial charge in [-0.3, -0.25) is 9.59 Å². The van der Waals surface area contributed by atoms with Crippen molar-refractivity contribution >= 4 is 11.7 Å². The molecule has 0 radical (unpaired) electrons. The number of benzene rings is 1. The Morgan fingerprint density at radius 2 is 1.88 bits per heavy atom. The largest absolute Gasteiger partial charge is 0.497 e. The van der Waals surface area contributed by atoms with Crippen LogP contribution in [0, 0.1) is 0 Å². The number of carbonyl (C=O) groups is 2. The lowest BCUT2D eigenvalue weighted by atomic mass is 9.96. The van der Waals surface area contributed by atoms with Gasteiger partial charge in [-0.25, -0.2) is 0 Å². The van der Waals surface area contributed by atoms with Crippen molar-refractivity contribution < 1.29 is 14.3 Å². The van der Waals surface area contributed by atoms with Crippen molar-refractivity contribution in [2.45, 2.75) is 18.9 Å². The highest BCUT2D eigenvalue weighted by Crippen LogP contribution is 2.22.